The summed E-state index contributed by atoms with van der Waals surface area (Å²) in [5.74, 6) is 2.17. The van der Waals surface area contributed by atoms with Crippen molar-refractivity contribution >= 4 is 17.5 Å². The molecule has 0 unspecified atom stereocenters. The van der Waals surface area contributed by atoms with E-state index < -0.39 is 0 Å². The highest BCUT2D eigenvalue weighted by atomic mass is 35.5. The summed E-state index contributed by atoms with van der Waals surface area (Å²) in [6.07, 6.45) is 1.74. The van der Waals surface area contributed by atoms with Crippen molar-refractivity contribution in [3.63, 3.8) is 0 Å². The van der Waals surface area contributed by atoms with Crippen LogP contribution in [0.1, 0.15) is 30.2 Å². The standard InChI is InChI=1S/C23H25ClN4O3/c1-30-18-8-6-16(7-9-18)14-25-21(29)15-28-12-10-17(11-13-28)23-26-22(27-31-23)19-4-2-3-5-20(19)24/h2-9,17H,10-15H2,1H3,(H,25,29). The van der Waals surface area contributed by atoms with Crippen LogP contribution in [0.5, 0.6) is 5.75 Å². The van der Waals surface area contributed by atoms with Crippen LogP contribution in [0.4, 0.5) is 0 Å². The lowest BCUT2D eigenvalue weighted by molar-refractivity contribution is -0.122. The van der Waals surface area contributed by atoms with Gasteiger partial charge in [0.05, 0.1) is 18.7 Å². The number of hydrogen-bond donors (Lipinski definition) is 1. The van der Waals surface area contributed by atoms with Crippen molar-refractivity contribution in [3.8, 4) is 17.1 Å². The summed E-state index contributed by atoms with van der Waals surface area (Å²) in [5, 5.41) is 7.68. The molecule has 3 aromatic rings. The Kier molecular flexibility index (Phi) is 6.84. The molecule has 2 aromatic carbocycles. The first-order valence-corrected chi connectivity index (χ1v) is 10.7. The number of amides is 1. The van der Waals surface area contributed by atoms with E-state index in [4.69, 9.17) is 20.9 Å². The molecule has 1 aliphatic rings. The fourth-order valence-corrected chi connectivity index (χ4v) is 3.91. The van der Waals surface area contributed by atoms with Gasteiger partial charge in [-0.2, -0.15) is 4.98 Å². The van der Waals surface area contributed by atoms with Gasteiger partial charge in [0.15, 0.2) is 0 Å². The van der Waals surface area contributed by atoms with Crippen molar-refractivity contribution in [3.05, 3.63) is 65.0 Å². The lowest BCUT2D eigenvalue weighted by atomic mass is 9.97. The summed E-state index contributed by atoms with van der Waals surface area (Å²) in [6.45, 7) is 2.51. The van der Waals surface area contributed by atoms with Gasteiger partial charge in [0, 0.05) is 18.0 Å². The van der Waals surface area contributed by atoms with Crippen molar-refractivity contribution in [2.24, 2.45) is 0 Å². The minimum absolute atomic E-state index is 0.0214. The number of methoxy groups -OCH3 is 1. The highest BCUT2D eigenvalue weighted by molar-refractivity contribution is 6.33. The molecule has 0 radical (unpaired) electrons. The Morgan fingerprint density at radius 2 is 1.94 bits per heavy atom. The Balaban J connectivity index is 1.24. The van der Waals surface area contributed by atoms with E-state index in [1.165, 1.54) is 0 Å². The maximum absolute atomic E-state index is 12.3. The third-order valence-electron chi connectivity index (χ3n) is 5.51. The molecule has 4 rings (SSSR count). The molecule has 162 valence electrons. The summed E-state index contributed by atoms with van der Waals surface area (Å²) in [7, 11) is 1.64. The number of halogens is 1. The van der Waals surface area contributed by atoms with E-state index in [2.05, 4.69) is 20.4 Å². The molecule has 0 spiro atoms. The zero-order chi connectivity index (χ0) is 21.6. The van der Waals surface area contributed by atoms with Crippen LogP contribution in [-0.4, -0.2) is 47.7 Å². The quantitative estimate of drug-likeness (QED) is 0.600. The number of nitrogens with one attached hydrogen (secondary N) is 1. The van der Waals surface area contributed by atoms with E-state index in [-0.39, 0.29) is 11.8 Å². The topological polar surface area (TPSA) is 80.5 Å². The van der Waals surface area contributed by atoms with Gasteiger partial charge in [-0.1, -0.05) is 41.0 Å². The highest BCUT2D eigenvalue weighted by Gasteiger charge is 2.26. The number of piperidine rings is 1. The molecule has 7 nitrogen and oxygen atoms in total. The number of ether oxygens (including phenoxy) is 1. The first-order chi connectivity index (χ1) is 15.1. The van der Waals surface area contributed by atoms with Crippen LogP contribution in [-0.2, 0) is 11.3 Å². The molecule has 0 bridgehead atoms. The summed E-state index contributed by atoms with van der Waals surface area (Å²) in [6, 6.07) is 15.1. The SMILES string of the molecule is COc1ccc(CNC(=O)CN2CCC(c3nc(-c4ccccc4Cl)no3)CC2)cc1. The predicted molar refractivity (Wildman–Crippen MR) is 118 cm³/mol. The molecule has 2 heterocycles. The van der Waals surface area contributed by atoms with Crippen molar-refractivity contribution < 1.29 is 14.1 Å². The molecular formula is C23H25ClN4O3. The molecule has 0 aliphatic carbocycles. The number of nitrogens with zero attached hydrogens (tertiary/aromatic N) is 3. The van der Waals surface area contributed by atoms with Crippen molar-refractivity contribution in [1.29, 1.82) is 0 Å². The highest BCUT2D eigenvalue weighted by Crippen LogP contribution is 2.30. The van der Waals surface area contributed by atoms with E-state index in [0.717, 1.165) is 42.8 Å². The second-order valence-electron chi connectivity index (χ2n) is 7.61. The molecular weight excluding hydrogens is 416 g/mol. The number of aromatic nitrogens is 2. The molecule has 1 aromatic heterocycles. The van der Waals surface area contributed by atoms with E-state index in [9.17, 15) is 4.79 Å². The summed E-state index contributed by atoms with van der Waals surface area (Å²) in [5.41, 5.74) is 1.81. The molecule has 1 N–H and O–H groups in total. The summed E-state index contributed by atoms with van der Waals surface area (Å²) < 4.78 is 10.7. The van der Waals surface area contributed by atoms with Crippen LogP contribution in [0.25, 0.3) is 11.4 Å². The van der Waals surface area contributed by atoms with Gasteiger partial charge in [0.25, 0.3) is 0 Å². The van der Waals surface area contributed by atoms with Crippen LogP contribution in [0.2, 0.25) is 5.02 Å². The van der Waals surface area contributed by atoms with Crippen molar-refractivity contribution in [2.45, 2.75) is 25.3 Å². The Hall–Kier alpha value is -2.90. The van der Waals surface area contributed by atoms with Crippen molar-refractivity contribution in [1.82, 2.24) is 20.4 Å². The van der Waals surface area contributed by atoms with Crippen LogP contribution < -0.4 is 10.1 Å². The number of hydrogen-bond acceptors (Lipinski definition) is 6. The van der Waals surface area contributed by atoms with E-state index in [1.54, 1.807) is 7.11 Å². The second kappa shape index (κ2) is 9.94. The predicted octanol–water partition coefficient (Wildman–Crippen LogP) is 3.89. The zero-order valence-electron chi connectivity index (χ0n) is 17.4. The maximum Gasteiger partial charge on any atom is 0.234 e. The van der Waals surface area contributed by atoms with Gasteiger partial charge in [-0.15, -0.1) is 0 Å². The van der Waals surface area contributed by atoms with Gasteiger partial charge in [-0.3, -0.25) is 9.69 Å². The van der Waals surface area contributed by atoms with Crippen LogP contribution >= 0.6 is 11.6 Å². The average Bonchev–Trinajstić information content (AvgIpc) is 3.29. The molecule has 1 amide bonds. The fourth-order valence-electron chi connectivity index (χ4n) is 3.69. The van der Waals surface area contributed by atoms with Gasteiger partial charge in [0.2, 0.25) is 17.6 Å². The summed E-state index contributed by atoms with van der Waals surface area (Å²) in [4.78, 5) is 19.0. The molecule has 1 aliphatic heterocycles. The number of carbonyl (C=O) groups excluding carboxylic acids is 1. The van der Waals surface area contributed by atoms with Gasteiger partial charge < -0.3 is 14.6 Å². The number of rotatable bonds is 7. The molecule has 31 heavy (non-hydrogen) atoms. The molecule has 8 heteroatoms. The van der Waals surface area contributed by atoms with Gasteiger partial charge in [-0.05, 0) is 55.8 Å². The molecule has 1 saturated heterocycles. The van der Waals surface area contributed by atoms with Gasteiger partial charge in [-0.25, -0.2) is 0 Å². The minimum atomic E-state index is 0.0214. The lowest BCUT2D eigenvalue weighted by Gasteiger charge is -2.29. The number of carbonyl (C=O) groups is 1. The Morgan fingerprint density at radius 1 is 1.19 bits per heavy atom. The number of likely N-dealkylation sites (tertiary alicyclic amines) is 1. The van der Waals surface area contributed by atoms with Gasteiger partial charge >= 0.3 is 0 Å². The summed E-state index contributed by atoms with van der Waals surface area (Å²) >= 11 is 6.23. The normalized spacial score (nSPS) is 15.0. The molecule has 0 atom stereocenters. The maximum atomic E-state index is 12.3. The van der Waals surface area contributed by atoms with Gasteiger partial charge in [0.1, 0.15) is 5.75 Å². The Morgan fingerprint density at radius 3 is 2.65 bits per heavy atom. The third kappa shape index (κ3) is 5.42. The Labute approximate surface area is 186 Å². The molecule has 1 fully saturated rings. The molecule has 0 saturated carbocycles. The van der Waals surface area contributed by atoms with E-state index in [0.29, 0.717) is 29.8 Å². The third-order valence-corrected chi connectivity index (χ3v) is 5.84. The number of benzene rings is 2. The largest absolute Gasteiger partial charge is 0.497 e. The van der Waals surface area contributed by atoms with Crippen molar-refractivity contribution in [2.75, 3.05) is 26.7 Å². The average molecular weight is 441 g/mol. The first-order valence-electron chi connectivity index (χ1n) is 10.3. The minimum Gasteiger partial charge on any atom is -0.497 e. The van der Waals surface area contributed by atoms with E-state index in [1.807, 2.05) is 48.5 Å². The fraction of sp³-hybridized carbons (Fsp3) is 0.348. The van der Waals surface area contributed by atoms with Crippen LogP contribution in [0.15, 0.2) is 53.1 Å². The van der Waals surface area contributed by atoms with Crippen LogP contribution in [0, 0.1) is 0 Å². The lowest BCUT2D eigenvalue weighted by Crippen LogP contribution is -2.41. The smallest absolute Gasteiger partial charge is 0.234 e. The Bertz CT molecular complexity index is 1010. The van der Waals surface area contributed by atoms with E-state index >= 15 is 0 Å². The zero-order valence-corrected chi connectivity index (χ0v) is 18.1. The van der Waals surface area contributed by atoms with Crippen LogP contribution in [0.3, 0.4) is 0 Å². The monoisotopic (exact) mass is 440 g/mol. The second-order valence-corrected chi connectivity index (χ2v) is 8.02. The first kappa shape index (κ1) is 21.3.